The number of piperazine rings is 1. The van der Waals surface area contributed by atoms with E-state index in [4.69, 9.17) is 0 Å². The molecule has 3 nitrogen and oxygen atoms in total. The van der Waals surface area contributed by atoms with Gasteiger partial charge in [0.25, 0.3) is 0 Å². The Bertz CT molecular complexity index is 499. The molecule has 3 aliphatic rings. The van der Waals surface area contributed by atoms with Gasteiger partial charge in [0.15, 0.2) is 5.78 Å². The molecule has 1 atom stereocenters. The monoisotopic (exact) mass is 260 g/mol. The summed E-state index contributed by atoms with van der Waals surface area (Å²) >= 11 is 0. The zero-order chi connectivity index (χ0) is 14.0. The van der Waals surface area contributed by atoms with Crippen LogP contribution in [-0.4, -0.2) is 52.8 Å². The topological polar surface area (TPSA) is 23.6 Å². The number of likely N-dealkylation sites (N-methyl/N-ethyl adjacent to an activating group) is 1. The predicted molar refractivity (Wildman–Crippen MR) is 77.1 cm³/mol. The molecule has 104 valence electrons. The quantitative estimate of drug-likeness (QED) is 0.665. The molecule has 0 amide bonds. The highest BCUT2D eigenvalue weighted by molar-refractivity contribution is 5.94. The predicted octanol–water partition coefficient (Wildman–Crippen LogP) is 2.00. The van der Waals surface area contributed by atoms with Gasteiger partial charge in [0, 0.05) is 36.6 Å². The first-order valence-corrected chi connectivity index (χ1v) is 7.17. The van der Waals surface area contributed by atoms with Gasteiger partial charge in [-0.05, 0) is 52.0 Å². The molecule has 0 aromatic carbocycles. The fourth-order valence-corrected chi connectivity index (χ4v) is 3.72. The van der Waals surface area contributed by atoms with Crippen molar-refractivity contribution >= 4 is 5.78 Å². The van der Waals surface area contributed by atoms with Crippen molar-refractivity contribution in [1.29, 1.82) is 0 Å². The summed E-state index contributed by atoms with van der Waals surface area (Å²) < 4.78 is 0. The van der Waals surface area contributed by atoms with Crippen molar-refractivity contribution in [2.75, 3.05) is 20.1 Å². The fourth-order valence-electron chi connectivity index (χ4n) is 3.72. The summed E-state index contributed by atoms with van der Waals surface area (Å²) in [5.74, 6) is 0.254. The SMILES string of the molecule is CN1CC2C3=CCC(=O)C=C3CN2C(C)(C)C1(C)C. The fraction of sp³-hybridized carbons (Fsp3) is 0.688. The maximum Gasteiger partial charge on any atom is 0.159 e. The Hall–Kier alpha value is -0.930. The molecule has 3 rings (SSSR count). The van der Waals surface area contributed by atoms with Crippen molar-refractivity contribution in [3.8, 4) is 0 Å². The Balaban J connectivity index is 2.04. The molecule has 0 N–H and O–H groups in total. The number of rotatable bonds is 0. The summed E-state index contributed by atoms with van der Waals surface area (Å²) in [6.45, 7) is 11.3. The Labute approximate surface area is 115 Å². The average Bonchev–Trinajstić information content (AvgIpc) is 2.66. The number of ketones is 1. The van der Waals surface area contributed by atoms with Crippen LogP contribution in [0.4, 0.5) is 0 Å². The largest absolute Gasteiger partial charge is 0.298 e. The number of fused-ring (bicyclic) bond motifs is 3. The Morgan fingerprint density at radius 3 is 2.58 bits per heavy atom. The van der Waals surface area contributed by atoms with Gasteiger partial charge in [-0.2, -0.15) is 0 Å². The summed E-state index contributed by atoms with van der Waals surface area (Å²) in [5.41, 5.74) is 2.87. The van der Waals surface area contributed by atoms with E-state index in [0.29, 0.717) is 12.5 Å². The summed E-state index contributed by atoms with van der Waals surface area (Å²) in [6.07, 6.45) is 4.61. The number of hydrogen-bond acceptors (Lipinski definition) is 3. The number of allylic oxidation sites excluding steroid dienone is 2. The maximum atomic E-state index is 11.6. The smallest absolute Gasteiger partial charge is 0.159 e. The van der Waals surface area contributed by atoms with Crippen LogP contribution in [0.5, 0.6) is 0 Å². The Morgan fingerprint density at radius 1 is 1.21 bits per heavy atom. The third-order valence-electron chi connectivity index (χ3n) is 5.92. The first-order chi connectivity index (χ1) is 8.75. The third kappa shape index (κ3) is 1.61. The second-order valence-electron chi connectivity index (χ2n) is 7.14. The van der Waals surface area contributed by atoms with Gasteiger partial charge < -0.3 is 0 Å². The molecular weight excluding hydrogens is 236 g/mol. The van der Waals surface area contributed by atoms with E-state index in [1.165, 1.54) is 11.1 Å². The molecule has 19 heavy (non-hydrogen) atoms. The second kappa shape index (κ2) is 3.80. The van der Waals surface area contributed by atoms with Crippen LogP contribution in [0.15, 0.2) is 23.3 Å². The van der Waals surface area contributed by atoms with E-state index in [1.807, 2.05) is 6.08 Å². The van der Waals surface area contributed by atoms with Crippen molar-refractivity contribution in [3.63, 3.8) is 0 Å². The molecule has 0 bridgehead atoms. The lowest BCUT2D eigenvalue weighted by atomic mass is 9.76. The van der Waals surface area contributed by atoms with Crippen LogP contribution in [0.1, 0.15) is 34.1 Å². The molecule has 3 heteroatoms. The first kappa shape index (κ1) is 13.1. The molecule has 1 aliphatic carbocycles. The number of carbonyl (C=O) groups excluding carboxylic acids is 1. The van der Waals surface area contributed by atoms with Crippen molar-refractivity contribution < 1.29 is 4.79 Å². The van der Waals surface area contributed by atoms with E-state index in [1.54, 1.807) is 0 Å². The summed E-state index contributed by atoms with van der Waals surface area (Å²) in [4.78, 5) is 16.7. The molecule has 1 unspecified atom stereocenters. The molecule has 2 saturated heterocycles. The van der Waals surface area contributed by atoms with E-state index in [-0.39, 0.29) is 16.9 Å². The lowest BCUT2D eigenvalue weighted by Crippen LogP contribution is -2.71. The van der Waals surface area contributed by atoms with Crippen LogP contribution in [0.3, 0.4) is 0 Å². The lowest BCUT2D eigenvalue weighted by molar-refractivity contribution is -0.114. The lowest BCUT2D eigenvalue weighted by Gasteiger charge is -2.59. The van der Waals surface area contributed by atoms with Crippen LogP contribution >= 0.6 is 0 Å². The van der Waals surface area contributed by atoms with Gasteiger partial charge >= 0.3 is 0 Å². The van der Waals surface area contributed by atoms with E-state index in [2.05, 4.69) is 50.6 Å². The maximum absolute atomic E-state index is 11.6. The normalized spacial score (nSPS) is 33.5. The molecule has 0 radical (unpaired) electrons. The zero-order valence-electron chi connectivity index (χ0n) is 12.7. The van der Waals surface area contributed by atoms with Gasteiger partial charge in [-0.25, -0.2) is 0 Å². The Kier molecular flexibility index (Phi) is 2.61. The highest BCUT2D eigenvalue weighted by atomic mass is 16.1. The summed E-state index contributed by atoms with van der Waals surface area (Å²) in [7, 11) is 2.22. The third-order valence-corrected chi connectivity index (χ3v) is 5.92. The number of hydrogen-bond donors (Lipinski definition) is 0. The number of nitrogens with zero attached hydrogens (tertiary/aromatic N) is 2. The van der Waals surface area contributed by atoms with E-state index in [9.17, 15) is 4.79 Å². The van der Waals surface area contributed by atoms with Crippen LogP contribution < -0.4 is 0 Å². The summed E-state index contributed by atoms with van der Waals surface area (Å²) in [6, 6.07) is 0.451. The first-order valence-electron chi connectivity index (χ1n) is 7.17. The van der Waals surface area contributed by atoms with Crippen LogP contribution in [0, 0.1) is 0 Å². The highest BCUT2D eigenvalue weighted by Crippen LogP contribution is 2.45. The van der Waals surface area contributed by atoms with Crippen molar-refractivity contribution in [1.82, 2.24) is 9.80 Å². The van der Waals surface area contributed by atoms with Gasteiger partial charge in [0.05, 0.1) is 0 Å². The molecule has 2 aliphatic heterocycles. The second-order valence-corrected chi connectivity index (χ2v) is 7.14. The zero-order valence-corrected chi connectivity index (χ0v) is 12.7. The molecular formula is C16H24N2O. The summed E-state index contributed by atoms with van der Waals surface area (Å²) in [5, 5.41) is 0. The molecule has 0 aromatic rings. The molecule has 0 spiro atoms. The minimum absolute atomic E-state index is 0.0900. The average molecular weight is 260 g/mol. The van der Waals surface area contributed by atoms with Gasteiger partial charge in [-0.1, -0.05) is 6.08 Å². The van der Waals surface area contributed by atoms with Crippen LogP contribution in [0.2, 0.25) is 0 Å². The van der Waals surface area contributed by atoms with Gasteiger partial charge in [0.2, 0.25) is 0 Å². The van der Waals surface area contributed by atoms with Crippen molar-refractivity contribution in [2.45, 2.75) is 51.2 Å². The minimum atomic E-state index is 0.0900. The van der Waals surface area contributed by atoms with Gasteiger partial charge in [-0.15, -0.1) is 0 Å². The number of carbonyl (C=O) groups is 1. The van der Waals surface area contributed by atoms with Crippen LogP contribution in [0.25, 0.3) is 0 Å². The minimum Gasteiger partial charge on any atom is -0.298 e. The molecule has 0 aromatic heterocycles. The van der Waals surface area contributed by atoms with Crippen molar-refractivity contribution in [3.05, 3.63) is 23.3 Å². The van der Waals surface area contributed by atoms with E-state index < -0.39 is 0 Å². The Morgan fingerprint density at radius 2 is 1.89 bits per heavy atom. The van der Waals surface area contributed by atoms with Crippen LogP contribution in [-0.2, 0) is 4.79 Å². The van der Waals surface area contributed by atoms with Gasteiger partial charge in [0.1, 0.15) is 0 Å². The molecule has 2 fully saturated rings. The highest BCUT2D eigenvalue weighted by Gasteiger charge is 2.54. The van der Waals surface area contributed by atoms with E-state index in [0.717, 1.165) is 13.1 Å². The molecule has 2 heterocycles. The standard InChI is InChI=1S/C16H24N2O/c1-15(2)16(3,4)18-9-11-8-12(19)6-7-13(11)14(18)10-17(15)5/h7-8,14H,6,9-10H2,1-5H3. The van der Waals surface area contributed by atoms with Crippen molar-refractivity contribution in [2.24, 2.45) is 0 Å². The van der Waals surface area contributed by atoms with E-state index >= 15 is 0 Å². The molecule has 0 saturated carbocycles. The van der Waals surface area contributed by atoms with Gasteiger partial charge in [-0.3, -0.25) is 14.6 Å².